The number of thioether (sulfide) groups is 1. The first-order valence-corrected chi connectivity index (χ1v) is 14.0. The van der Waals surface area contributed by atoms with Gasteiger partial charge in [-0.25, -0.2) is 0 Å². The Labute approximate surface area is 213 Å². The summed E-state index contributed by atoms with van der Waals surface area (Å²) < 4.78 is 4.04. The van der Waals surface area contributed by atoms with Crippen molar-refractivity contribution in [3.05, 3.63) is 24.3 Å². The fourth-order valence-corrected chi connectivity index (χ4v) is 8.58. The maximum atomic E-state index is 14.3. The number of carbonyl (C=O) groups excluding carboxylic acids is 3. The standard InChI is InChI=1S/C27H40N2O5S/c1-5-6-8-13-28-14-10-12-27-20(21-25(33)34-15-9-7-11-26(21,4)35-27)23(31)29(22(27)24(28)32)19(17-30)16-18(2)3/h7,10-12,18-22,30H,5-6,8-9,13-17H2,1-4H3/t19-,20+,21-,22?,26+,27+/m1/s1. The van der Waals surface area contributed by atoms with Gasteiger partial charge in [0.05, 0.1) is 35.8 Å². The molecule has 4 heterocycles. The SMILES string of the molecule is CCCCCN1CC=C[C@]23S[C@@]4(C)C=CCCOC(=O)[C@H]4[C@H]2C(=O)N([C@@H](CO)CC(C)C)C3C1=O. The Kier molecular flexibility index (Phi) is 7.72. The number of likely N-dealkylation sites (tertiary alicyclic amines) is 1. The van der Waals surface area contributed by atoms with Crippen molar-refractivity contribution < 1.29 is 24.2 Å². The zero-order chi connectivity index (χ0) is 25.4. The number of aliphatic hydroxyl groups excluding tert-OH is 1. The number of unbranched alkanes of at least 4 members (excludes halogenated alkanes) is 2. The van der Waals surface area contributed by atoms with Crippen molar-refractivity contribution in [3.8, 4) is 0 Å². The molecular weight excluding hydrogens is 464 g/mol. The molecular formula is C27H40N2O5S. The maximum absolute atomic E-state index is 14.3. The Morgan fingerprint density at radius 2 is 1.91 bits per heavy atom. The van der Waals surface area contributed by atoms with E-state index in [1.807, 2.05) is 36.1 Å². The van der Waals surface area contributed by atoms with Crippen LogP contribution < -0.4 is 0 Å². The second-order valence-corrected chi connectivity index (χ2v) is 12.8. The Hall–Kier alpha value is -1.80. The van der Waals surface area contributed by atoms with Crippen LogP contribution in [0.2, 0.25) is 0 Å². The molecule has 2 amide bonds. The van der Waals surface area contributed by atoms with Gasteiger partial charge in [-0.2, -0.15) is 0 Å². The van der Waals surface area contributed by atoms with E-state index in [4.69, 9.17) is 4.74 Å². The monoisotopic (exact) mass is 504 g/mol. The number of aliphatic hydroxyl groups is 1. The first kappa shape index (κ1) is 26.3. The van der Waals surface area contributed by atoms with E-state index in [1.54, 1.807) is 16.7 Å². The number of hydrogen-bond donors (Lipinski definition) is 1. The minimum absolute atomic E-state index is 0.0770. The molecule has 4 rings (SSSR count). The smallest absolute Gasteiger partial charge is 0.311 e. The molecule has 6 atom stereocenters. The summed E-state index contributed by atoms with van der Waals surface area (Å²) in [4.78, 5) is 45.3. The van der Waals surface area contributed by atoms with Gasteiger partial charge >= 0.3 is 5.97 Å². The van der Waals surface area contributed by atoms with Crippen LogP contribution >= 0.6 is 11.8 Å². The number of amides is 2. The molecule has 1 spiro atoms. The van der Waals surface area contributed by atoms with Gasteiger partial charge in [0.1, 0.15) is 6.04 Å². The molecule has 8 heteroatoms. The molecule has 1 N–H and O–H groups in total. The van der Waals surface area contributed by atoms with Gasteiger partial charge in [-0.15, -0.1) is 11.8 Å². The van der Waals surface area contributed by atoms with Crippen LogP contribution in [0.5, 0.6) is 0 Å². The Bertz CT molecular complexity index is 904. The summed E-state index contributed by atoms with van der Waals surface area (Å²) in [5.41, 5.74) is 0. The molecule has 2 fully saturated rings. The number of ether oxygens (including phenoxy) is 1. The predicted octanol–water partition coefficient (Wildman–Crippen LogP) is 3.17. The van der Waals surface area contributed by atoms with E-state index in [0.717, 1.165) is 19.3 Å². The Balaban J connectivity index is 1.83. The zero-order valence-corrected chi connectivity index (χ0v) is 22.3. The van der Waals surface area contributed by atoms with E-state index in [0.29, 0.717) is 32.5 Å². The van der Waals surface area contributed by atoms with Gasteiger partial charge in [0.25, 0.3) is 0 Å². The summed E-state index contributed by atoms with van der Waals surface area (Å²) in [5, 5.41) is 10.4. The van der Waals surface area contributed by atoms with Crippen LogP contribution in [0.1, 0.15) is 59.8 Å². The molecule has 0 bridgehead atoms. The summed E-state index contributed by atoms with van der Waals surface area (Å²) in [7, 11) is 0. The second-order valence-electron chi connectivity index (χ2n) is 11.0. The summed E-state index contributed by atoms with van der Waals surface area (Å²) >= 11 is 1.56. The number of fused-ring (bicyclic) bond motifs is 2. The van der Waals surface area contributed by atoms with Gasteiger partial charge in [-0.3, -0.25) is 14.4 Å². The molecule has 1 unspecified atom stereocenters. The van der Waals surface area contributed by atoms with Crippen LogP contribution in [0.4, 0.5) is 0 Å². The minimum atomic E-state index is -0.884. The van der Waals surface area contributed by atoms with Crippen molar-refractivity contribution in [1.82, 2.24) is 9.80 Å². The fourth-order valence-electron chi connectivity index (χ4n) is 6.44. The zero-order valence-electron chi connectivity index (χ0n) is 21.4. The van der Waals surface area contributed by atoms with Gasteiger partial charge in [-0.05, 0) is 32.1 Å². The highest BCUT2D eigenvalue weighted by molar-refractivity contribution is 8.02. The molecule has 4 aliphatic heterocycles. The van der Waals surface area contributed by atoms with Gasteiger partial charge in [0, 0.05) is 17.8 Å². The van der Waals surface area contributed by atoms with Crippen LogP contribution in [0, 0.1) is 17.8 Å². The molecule has 0 aromatic heterocycles. The van der Waals surface area contributed by atoms with Gasteiger partial charge in [0.15, 0.2) is 0 Å². The molecule has 194 valence electrons. The number of carbonyl (C=O) groups is 3. The number of hydrogen-bond acceptors (Lipinski definition) is 6. The third-order valence-corrected chi connectivity index (χ3v) is 9.72. The van der Waals surface area contributed by atoms with Crippen LogP contribution in [0.3, 0.4) is 0 Å². The number of esters is 1. The highest BCUT2D eigenvalue weighted by Crippen LogP contribution is 2.65. The Morgan fingerprint density at radius 3 is 2.60 bits per heavy atom. The third-order valence-electron chi connectivity index (χ3n) is 7.92. The molecule has 0 saturated carbocycles. The van der Waals surface area contributed by atoms with Crippen LogP contribution in [-0.2, 0) is 19.1 Å². The molecule has 4 aliphatic rings. The summed E-state index contributed by atoms with van der Waals surface area (Å²) in [6.07, 6.45) is 12.3. The topological polar surface area (TPSA) is 87.2 Å². The Morgan fingerprint density at radius 1 is 1.14 bits per heavy atom. The minimum Gasteiger partial charge on any atom is -0.465 e. The summed E-state index contributed by atoms with van der Waals surface area (Å²) in [6.45, 7) is 9.43. The molecule has 0 radical (unpaired) electrons. The van der Waals surface area contributed by atoms with Crippen LogP contribution in [-0.4, -0.2) is 80.6 Å². The highest BCUT2D eigenvalue weighted by Gasteiger charge is 2.74. The van der Waals surface area contributed by atoms with Crippen molar-refractivity contribution in [1.29, 1.82) is 0 Å². The van der Waals surface area contributed by atoms with Crippen molar-refractivity contribution >= 4 is 29.5 Å². The van der Waals surface area contributed by atoms with Gasteiger partial charge in [0.2, 0.25) is 11.8 Å². The van der Waals surface area contributed by atoms with E-state index in [1.165, 1.54) is 0 Å². The summed E-state index contributed by atoms with van der Waals surface area (Å²) in [6, 6.07) is -1.23. The van der Waals surface area contributed by atoms with Crippen molar-refractivity contribution in [2.75, 3.05) is 26.3 Å². The predicted molar refractivity (Wildman–Crippen MR) is 137 cm³/mol. The van der Waals surface area contributed by atoms with Gasteiger partial charge in [-0.1, -0.05) is 57.9 Å². The number of rotatable bonds is 8. The number of nitrogens with zero attached hydrogens (tertiary/aromatic N) is 2. The third kappa shape index (κ3) is 4.45. The van der Waals surface area contributed by atoms with Crippen molar-refractivity contribution in [2.24, 2.45) is 17.8 Å². The molecule has 7 nitrogen and oxygen atoms in total. The number of cyclic esters (lactones) is 1. The first-order chi connectivity index (χ1) is 16.7. The van der Waals surface area contributed by atoms with Gasteiger partial charge < -0.3 is 19.6 Å². The van der Waals surface area contributed by atoms with Crippen LogP contribution in [0.25, 0.3) is 0 Å². The lowest BCUT2D eigenvalue weighted by Gasteiger charge is -2.40. The van der Waals surface area contributed by atoms with Crippen molar-refractivity contribution in [2.45, 2.75) is 81.4 Å². The van der Waals surface area contributed by atoms with E-state index in [-0.39, 0.29) is 30.3 Å². The van der Waals surface area contributed by atoms with E-state index >= 15 is 0 Å². The van der Waals surface area contributed by atoms with Crippen LogP contribution in [0.15, 0.2) is 24.3 Å². The average molecular weight is 505 g/mol. The first-order valence-electron chi connectivity index (χ1n) is 13.1. The van der Waals surface area contributed by atoms with E-state index in [9.17, 15) is 19.5 Å². The second kappa shape index (κ2) is 10.3. The maximum Gasteiger partial charge on any atom is 0.311 e. The van der Waals surface area contributed by atoms with E-state index < -0.39 is 33.4 Å². The molecule has 35 heavy (non-hydrogen) atoms. The lowest BCUT2D eigenvalue weighted by Crippen LogP contribution is -2.57. The molecule has 0 aromatic rings. The molecule has 2 saturated heterocycles. The molecule has 0 aliphatic carbocycles. The average Bonchev–Trinajstić information content (AvgIpc) is 3.13. The summed E-state index contributed by atoms with van der Waals surface area (Å²) in [5.74, 6) is -1.82. The molecule has 0 aromatic carbocycles. The lowest BCUT2D eigenvalue weighted by molar-refractivity contribution is -0.155. The van der Waals surface area contributed by atoms with Crippen molar-refractivity contribution in [3.63, 3.8) is 0 Å². The van der Waals surface area contributed by atoms with E-state index in [2.05, 4.69) is 20.8 Å². The highest BCUT2D eigenvalue weighted by atomic mass is 32.2. The largest absolute Gasteiger partial charge is 0.465 e. The lowest BCUT2D eigenvalue weighted by atomic mass is 9.74. The fraction of sp³-hybridized carbons (Fsp3) is 0.741. The normalized spacial score (nSPS) is 35.4. The quantitative estimate of drug-likeness (QED) is 0.310.